The second-order valence-electron chi connectivity index (χ2n) is 5.69. The van der Waals surface area contributed by atoms with Gasteiger partial charge in [0.15, 0.2) is 0 Å². The first-order valence-electron chi connectivity index (χ1n) is 7.46. The van der Waals surface area contributed by atoms with Crippen LogP contribution in [0.3, 0.4) is 0 Å². The van der Waals surface area contributed by atoms with Crippen molar-refractivity contribution in [1.29, 1.82) is 5.26 Å². The van der Waals surface area contributed by atoms with Crippen molar-refractivity contribution in [1.82, 2.24) is 5.32 Å². The van der Waals surface area contributed by atoms with Crippen molar-refractivity contribution < 1.29 is 0 Å². The Morgan fingerprint density at radius 3 is 2.53 bits per heavy atom. The summed E-state index contributed by atoms with van der Waals surface area (Å²) in [7, 11) is 0. The van der Waals surface area contributed by atoms with Crippen LogP contribution < -0.4 is 5.32 Å². The first-order chi connectivity index (χ1) is 9.30. The number of piperidine rings is 1. The Labute approximate surface area is 116 Å². The second-order valence-corrected chi connectivity index (χ2v) is 5.69. The Hall–Kier alpha value is -1.33. The molecule has 1 aromatic carbocycles. The molecule has 0 amide bonds. The molecule has 2 rings (SSSR count). The molecule has 2 nitrogen and oxygen atoms in total. The van der Waals surface area contributed by atoms with Gasteiger partial charge in [-0.1, -0.05) is 43.7 Å². The number of hydrogen-bond donors (Lipinski definition) is 1. The van der Waals surface area contributed by atoms with Crippen molar-refractivity contribution in [3.8, 4) is 6.07 Å². The van der Waals surface area contributed by atoms with E-state index in [1.165, 1.54) is 5.56 Å². The van der Waals surface area contributed by atoms with Crippen molar-refractivity contribution in [2.24, 2.45) is 11.3 Å². The van der Waals surface area contributed by atoms with E-state index in [9.17, 15) is 5.26 Å². The molecule has 0 bridgehead atoms. The summed E-state index contributed by atoms with van der Waals surface area (Å²) in [5.74, 6) is 0.493. The van der Waals surface area contributed by atoms with Gasteiger partial charge in [0.25, 0.3) is 0 Å². The van der Waals surface area contributed by atoms with Crippen LogP contribution in [0.25, 0.3) is 0 Å². The zero-order valence-electron chi connectivity index (χ0n) is 11.9. The lowest BCUT2D eigenvalue weighted by Gasteiger charge is -2.38. The molecule has 1 N–H and O–H groups in total. The van der Waals surface area contributed by atoms with E-state index < -0.39 is 0 Å². The molecule has 0 saturated carbocycles. The van der Waals surface area contributed by atoms with Crippen LogP contribution in [0.1, 0.15) is 38.2 Å². The third kappa shape index (κ3) is 3.36. The molecule has 1 saturated heterocycles. The van der Waals surface area contributed by atoms with Gasteiger partial charge in [-0.25, -0.2) is 0 Å². The molecule has 1 aliphatic rings. The Balaban J connectivity index is 2.16. The maximum absolute atomic E-state index is 9.74. The van der Waals surface area contributed by atoms with Crippen LogP contribution in [-0.2, 0) is 6.42 Å². The lowest BCUT2D eigenvalue weighted by molar-refractivity contribution is 0.163. The van der Waals surface area contributed by atoms with Crippen molar-refractivity contribution >= 4 is 0 Å². The smallest absolute Gasteiger partial charge is 0.0693 e. The maximum Gasteiger partial charge on any atom is 0.0693 e. The van der Waals surface area contributed by atoms with Crippen LogP contribution >= 0.6 is 0 Å². The molecule has 102 valence electrons. The van der Waals surface area contributed by atoms with Crippen LogP contribution in [0.2, 0.25) is 0 Å². The summed E-state index contributed by atoms with van der Waals surface area (Å²) in [6.45, 7) is 4.20. The summed E-state index contributed by atoms with van der Waals surface area (Å²) in [5, 5.41) is 13.1. The number of rotatable bonds is 5. The van der Waals surface area contributed by atoms with Gasteiger partial charge in [0.05, 0.1) is 11.5 Å². The topological polar surface area (TPSA) is 35.8 Å². The van der Waals surface area contributed by atoms with Gasteiger partial charge < -0.3 is 5.32 Å². The summed E-state index contributed by atoms with van der Waals surface area (Å²) in [6.07, 6.45) is 5.36. The van der Waals surface area contributed by atoms with Gasteiger partial charge in [0.1, 0.15) is 0 Å². The van der Waals surface area contributed by atoms with Gasteiger partial charge in [0.2, 0.25) is 0 Å². The highest BCUT2D eigenvalue weighted by Crippen LogP contribution is 2.40. The van der Waals surface area contributed by atoms with E-state index >= 15 is 0 Å². The van der Waals surface area contributed by atoms with Crippen molar-refractivity contribution in [3.63, 3.8) is 0 Å². The van der Waals surface area contributed by atoms with Gasteiger partial charge in [-0.2, -0.15) is 5.26 Å². The monoisotopic (exact) mass is 256 g/mol. The summed E-state index contributed by atoms with van der Waals surface area (Å²) in [4.78, 5) is 0. The van der Waals surface area contributed by atoms with Gasteiger partial charge >= 0.3 is 0 Å². The normalized spacial score (nSPS) is 19.6. The first kappa shape index (κ1) is 14.1. The van der Waals surface area contributed by atoms with E-state index in [2.05, 4.69) is 48.6 Å². The average Bonchev–Trinajstić information content (AvgIpc) is 2.48. The minimum atomic E-state index is -0.114. The van der Waals surface area contributed by atoms with E-state index in [1.54, 1.807) is 0 Å². The Bertz CT molecular complexity index is 413. The van der Waals surface area contributed by atoms with Crippen molar-refractivity contribution in [3.05, 3.63) is 35.9 Å². The average molecular weight is 256 g/mol. The molecule has 0 radical (unpaired) electrons. The fourth-order valence-electron chi connectivity index (χ4n) is 3.31. The van der Waals surface area contributed by atoms with Gasteiger partial charge in [-0.3, -0.25) is 0 Å². The number of hydrogen-bond acceptors (Lipinski definition) is 2. The van der Waals surface area contributed by atoms with Crippen LogP contribution in [0, 0.1) is 22.7 Å². The standard InChI is InChI=1S/C17H24N2/c1-2-6-16(13-15-7-4-3-5-8-15)17(14-18)9-11-19-12-10-17/h3-5,7-8,16,19H,2,6,9-13H2,1H3. The fraction of sp³-hybridized carbons (Fsp3) is 0.588. The molecule has 1 fully saturated rings. The van der Waals surface area contributed by atoms with E-state index in [1.807, 2.05) is 0 Å². The maximum atomic E-state index is 9.74. The van der Waals surface area contributed by atoms with Crippen LogP contribution in [0.4, 0.5) is 0 Å². The minimum absolute atomic E-state index is 0.114. The SMILES string of the molecule is CCCC(Cc1ccccc1)C1(C#N)CCNCC1. The van der Waals surface area contributed by atoms with Crippen molar-refractivity contribution in [2.45, 2.75) is 39.0 Å². The molecular weight excluding hydrogens is 232 g/mol. The quantitative estimate of drug-likeness (QED) is 0.874. The molecule has 1 atom stereocenters. The third-order valence-corrected chi connectivity index (χ3v) is 4.46. The number of benzene rings is 1. The molecule has 1 heterocycles. The first-order valence-corrected chi connectivity index (χ1v) is 7.46. The molecule has 2 heteroatoms. The number of nitriles is 1. The summed E-state index contributed by atoms with van der Waals surface area (Å²) in [6, 6.07) is 13.3. The highest BCUT2D eigenvalue weighted by Gasteiger charge is 2.39. The van der Waals surface area contributed by atoms with Gasteiger partial charge in [-0.05, 0) is 50.3 Å². The van der Waals surface area contributed by atoms with E-state index in [4.69, 9.17) is 0 Å². The predicted octanol–water partition coefficient (Wildman–Crippen LogP) is 3.54. The molecule has 1 aromatic rings. The minimum Gasteiger partial charge on any atom is -0.317 e. The zero-order valence-corrected chi connectivity index (χ0v) is 11.9. The molecule has 0 spiro atoms. The zero-order chi connectivity index (χ0) is 13.6. The molecular formula is C17H24N2. The molecule has 1 aliphatic heterocycles. The van der Waals surface area contributed by atoms with Crippen LogP contribution in [0.5, 0.6) is 0 Å². The van der Waals surface area contributed by atoms with E-state index in [0.29, 0.717) is 5.92 Å². The Morgan fingerprint density at radius 2 is 1.95 bits per heavy atom. The Kier molecular flexibility index (Phi) is 4.99. The van der Waals surface area contributed by atoms with E-state index in [-0.39, 0.29) is 5.41 Å². The van der Waals surface area contributed by atoms with E-state index in [0.717, 1.165) is 45.2 Å². The summed E-state index contributed by atoms with van der Waals surface area (Å²) >= 11 is 0. The van der Waals surface area contributed by atoms with Crippen molar-refractivity contribution in [2.75, 3.05) is 13.1 Å². The molecule has 0 aromatic heterocycles. The summed E-state index contributed by atoms with van der Waals surface area (Å²) < 4.78 is 0. The summed E-state index contributed by atoms with van der Waals surface area (Å²) in [5.41, 5.74) is 1.26. The lowest BCUT2D eigenvalue weighted by atomic mass is 9.66. The molecule has 19 heavy (non-hydrogen) atoms. The van der Waals surface area contributed by atoms with Crippen LogP contribution in [-0.4, -0.2) is 13.1 Å². The highest BCUT2D eigenvalue weighted by atomic mass is 14.9. The van der Waals surface area contributed by atoms with Gasteiger partial charge in [-0.15, -0.1) is 0 Å². The highest BCUT2D eigenvalue weighted by molar-refractivity contribution is 5.17. The molecule has 0 aliphatic carbocycles. The predicted molar refractivity (Wildman–Crippen MR) is 78.7 cm³/mol. The second kappa shape index (κ2) is 6.73. The third-order valence-electron chi connectivity index (χ3n) is 4.46. The lowest BCUT2D eigenvalue weighted by Crippen LogP contribution is -2.41. The van der Waals surface area contributed by atoms with Gasteiger partial charge in [0, 0.05) is 0 Å². The fourth-order valence-corrected chi connectivity index (χ4v) is 3.31. The number of nitrogens with one attached hydrogen (secondary N) is 1. The Morgan fingerprint density at radius 1 is 1.26 bits per heavy atom. The molecule has 1 unspecified atom stereocenters. The number of nitrogens with zero attached hydrogens (tertiary/aromatic N) is 1. The van der Waals surface area contributed by atoms with Crippen LogP contribution in [0.15, 0.2) is 30.3 Å². The largest absolute Gasteiger partial charge is 0.317 e.